The van der Waals surface area contributed by atoms with E-state index in [0.717, 1.165) is 115 Å². The van der Waals surface area contributed by atoms with Crippen molar-refractivity contribution >= 4 is 25.7 Å². The van der Waals surface area contributed by atoms with Crippen LogP contribution in [0.15, 0.2) is 36.5 Å². The molecule has 24 nitrogen and oxygen atoms in total. The molecule has 11 N–H and O–H groups in total. The highest BCUT2D eigenvalue weighted by molar-refractivity contribution is 7.47. The summed E-state index contributed by atoms with van der Waals surface area (Å²) in [6.07, 6.45) is 19.7. The van der Waals surface area contributed by atoms with Gasteiger partial charge in [0.05, 0.1) is 13.2 Å². The molecule has 18 unspecified atom stereocenters. The summed E-state index contributed by atoms with van der Waals surface area (Å²) < 4.78 is 64.9. The number of hydrogen-bond donors (Lipinski definition) is 11. The highest BCUT2D eigenvalue weighted by Gasteiger charge is 2.58. The van der Waals surface area contributed by atoms with Crippen LogP contribution >= 0.6 is 7.82 Å². The topological polar surface area (TPSA) is 374 Å². The molecule has 100 heavy (non-hydrogen) atoms. The van der Waals surface area contributed by atoms with E-state index in [-0.39, 0.29) is 12.8 Å². The Bertz CT molecular complexity index is 2210. The van der Waals surface area contributed by atoms with Crippen molar-refractivity contribution in [2.75, 3.05) is 26.4 Å². The van der Waals surface area contributed by atoms with Gasteiger partial charge in [0, 0.05) is 18.9 Å². The summed E-state index contributed by atoms with van der Waals surface area (Å²) in [6.45, 7) is 3.36. The van der Waals surface area contributed by atoms with E-state index in [0.29, 0.717) is 12.8 Å². The Hall–Kier alpha value is -2.82. The highest BCUT2D eigenvalue weighted by atomic mass is 31.2. The smallest absolute Gasteiger partial charge is 0.462 e. The molecule has 0 spiro atoms. The quantitative estimate of drug-likeness (QED) is 0.00512. The van der Waals surface area contributed by atoms with Crippen LogP contribution in [0.3, 0.4) is 0 Å². The molecule has 1 saturated carbocycles. The summed E-state index contributed by atoms with van der Waals surface area (Å²) >= 11 is 0. The van der Waals surface area contributed by atoms with Gasteiger partial charge in [-0.2, -0.15) is 0 Å². The number of carbonyl (C=O) groups excluding carboxylic acids is 3. The Labute approximate surface area is 597 Å². The molecule has 3 rings (SSSR count). The molecule has 3 fully saturated rings. The second-order valence-corrected chi connectivity index (χ2v) is 29.2. The fourth-order valence-corrected chi connectivity index (χ4v) is 13.6. The van der Waals surface area contributed by atoms with Crippen LogP contribution in [0.2, 0.25) is 0 Å². The molecule has 0 bridgehead atoms. The summed E-state index contributed by atoms with van der Waals surface area (Å²) in [4.78, 5) is 50.9. The zero-order valence-corrected chi connectivity index (χ0v) is 61.9. The minimum absolute atomic E-state index is 0.0384. The molecule has 25 heteroatoms. The van der Waals surface area contributed by atoms with Gasteiger partial charge >= 0.3 is 25.7 Å². The van der Waals surface area contributed by atoms with Crippen LogP contribution in [0.5, 0.6) is 0 Å². The lowest BCUT2D eigenvalue weighted by Crippen LogP contribution is -2.69. The van der Waals surface area contributed by atoms with E-state index in [2.05, 4.69) is 32.9 Å². The van der Waals surface area contributed by atoms with Gasteiger partial charge in [-0.15, -0.1) is 0 Å². The van der Waals surface area contributed by atoms with Gasteiger partial charge in [0.1, 0.15) is 98.7 Å². The Morgan fingerprint density at radius 3 is 1.22 bits per heavy atom. The molecule has 0 radical (unpaired) electrons. The number of phosphoric ester groups is 1. The van der Waals surface area contributed by atoms with E-state index in [4.69, 9.17) is 42.2 Å². The molecule has 0 aromatic carbocycles. The minimum Gasteiger partial charge on any atom is -0.462 e. The number of aliphatic hydroxyl groups is 10. The van der Waals surface area contributed by atoms with Crippen LogP contribution < -0.4 is 0 Å². The van der Waals surface area contributed by atoms with Crippen molar-refractivity contribution < 1.29 is 117 Å². The number of allylic oxidation sites excluding steroid dienone is 5. The maximum absolute atomic E-state index is 14.3. The lowest BCUT2D eigenvalue weighted by molar-refractivity contribution is -0.360. The van der Waals surface area contributed by atoms with Gasteiger partial charge in [0.25, 0.3) is 0 Å². The Kier molecular flexibility index (Phi) is 51.6. The first-order valence-electron chi connectivity index (χ1n) is 38.8. The number of phosphoric acid groups is 1. The van der Waals surface area contributed by atoms with Crippen molar-refractivity contribution in [2.45, 2.75) is 395 Å². The maximum Gasteiger partial charge on any atom is 0.472 e. The van der Waals surface area contributed by atoms with Crippen molar-refractivity contribution in [3.05, 3.63) is 36.5 Å². The van der Waals surface area contributed by atoms with Crippen LogP contribution in [0.25, 0.3) is 0 Å². The molecule has 0 amide bonds. The van der Waals surface area contributed by atoms with Gasteiger partial charge in [0.15, 0.2) is 18.7 Å². The van der Waals surface area contributed by atoms with E-state index >= 15 is 0 Å². The second kappa shape index (κ2) is 56.5. The van der Waals surface area contributed by atoms with E-state index in [1.165, 1.54) is 141 Å². The second-order valence-electron chi connectivity index (χ2n) is 27.8. The van der Waals surface area contributed by atoms with Gasteiger partial charge in [-0.1, -0.05) is 257 Å². The van der Waals surface area contributed by atoms with Crippen molar-refractivity contribution in [1.29, 1.82) is 0 Å². The van der Waals surface area contributed by atoms with Crippen molar-refractivity contribution in [2.24, 2.45) is 0 Å². The molecule has 2 saturated heterocycles. The summed E-state index contributed by atoms with van der Waals surface area (Å²) in [5.74, 6) is -2.22. The summed E-state index contributed by atoms with van der Waals surface area (Å²) in [5.41, 5.74) is 0. The van der Waals surface area contributed by atoms with E-state index in [9.17, 15) is 74.9 Å². The lowest BCUT2D eigenvalue weighted by Gasteiger charge is -2.49. The number of ether oxygens (including phenoxy) is 7. The summed E-state index contributed by atoms with van der Waals surface area (Å²) in [7, 11) is -5.71. The Morgan fingerprint density at radius 2 is 0.780 bits per heavy atom. The van der Waals surface area contributed by atoms with Crippen molar-refractivity contribution in [3.8, 4) is 0 Å². The predicted molar refractivity (Wildman–Crippen MR) is 379 cm³/mol. The Morgan fingerprint density at radius 1 is 0.410 bits per heavy atom. The zero-order chi connectivity index (χ0) is 73.2. The zero-order valence-electron chi connectivity index (χ0n) is 61.0. The number of unbranched alkanes of at least 4 members (excludes halogenated alkanes) is 36. The first-order chi connectivity index (χ1) is 48.3. The molecule has 0 aromatic heterocycles. The molecular weight excluding hydrogens is 1320 g/mol. The van der Waals surface area contributed by atoms with Gasteiger partial charge in [0.2, 0.25) is 0 Å². The van der Waals surface area contributed by atoms with Crippen LogP contribution in [-0.4, -0.2) is 204 Å². The minimum atomic E-state index is -5.71. The average Bonchev–Trinajstić information content (AvgIpc) is 0.762. The van der Waals surface area contributed by atoms with Crippen molar-refractivity contribution in [3.63, 3.8) is 0 Å². The number of rotatable bonds is 60. The average molecular weight is 1450 g/mol. The fourth-order valence-electron chi connectivity index (χ4n) is 12.7. The van der Waals surface area contributed by atoms with Crippen LogP contribution in [0.4, 0.5) is 0 Å². The monoisotopic (exact) mass is 1450 g/mol. The van der Waals surface area contributed by atoms with Crippen molar-refractivity contribution in [1.82, 2.24) is 0 Å². The molecule has 0 aromatic rings. The third kappa shape index (κ3) is 39.0. The largest absolute Gasteiger partial charge is 0.472 e. The normalized spacial score (nSPS) is 27.5. The highest BCUT2D eigenvalue weighted by Crippen LogP contribution is 2.49. The summed E-state index contributed by atoms with van der Waals surface area (Å²) in [6, 6.07) is 0. The third-order valence-corrected chi connectivity index (χ3v) is 20.0. The van der Waals surface area contributed by atoms with Gasteiger partial charge in [-0.25, -0.2) is 9.36 Å². The third-order valence-electron chi connectivity index (χ3n) is 19.0. The van der Waals surface area contributed by atoms with Gasteiger partial charge in [-0.3, -0.25) is 18.6 Å². The van der Waals surface area contributed by atoms with Gasteiger partial charge in [-0.05, 0) is 51.4 Å². The predicted octanol–water partition coefficient (Wildman–Crippen LogP) is 11.1. The fraction of sp³-hybridized carbons (Fsp3) is 0.880. The number of carbonyl (C=O) groups is 3. The van der Waals surface area contributed by atoms with Crippen LogP contribution in [-0.2, 0) is 61.2 Å². The lowest BCUT2D eigenvalue weighted by atomic mass is 9.84. The molecule has 18 atom stereocenters. The summed E-state index contributed by atoms with van der Waals surface area (Å²) in [5, 5.41) is 110. The number of aliphatic hydroxyl groups excluding tert-OH is 10. The van der Waals surface area contributed by atoms with Crippen LogP contribution in [0.1, 0.15) is 290 Å². The SMILES string of the molecule is CCCCCC/C=C\CCCCCCCCCC(=O)OCC(COP(=O)(O)OC1C(OC2OC(CO)C(O)C(O)C2O)C(O)C(O)C(O)C1OC1OC(COC(=O)/C=C/C=C/CCCCCCCCCCCCC)C(O)C(O)C1O)OC(=O)CCCCCCCCCCCCCCCCC. The molecule has 1 aliphatic carbocycles. The number of esters is 3. The van der Waals surface area contributed by atoms with E-state index in [1.807, 2.05) is 6.08 Å². The Balaban J connectivity index is 1.74. The number of hydrogen-bond acceptors (Lipinski definition) is 23. The molecule has 2 heterocycles. The molecule has 2 aliphatic heterocycles. The van der Waals surface area contributed by atoms with Crippen LogP contribution in [0, 0.1) is 0 Å². The maximum atomic E-state index is 14.3. The molecular formula is C75H135O24P. The van der Waals surface area contributed by atoms with E-state index < -0.39 is 156 Å². The first kappa shape index (κ1) is 91.4. The van der Waals surface area contributed by atoms with Gasteiger partial charge < -0.3 is 89.1 Å². The first-order valence-corrected chi connectivity index (χ1v) is 40.3. The standard InChI is InChI=1S/C75H135O24P/c1-4-7-10-13-16-19-22-25-28-31-34-37-40-43-46-49-59(77)91-53-56(94-61(79)51-48-45-42-39-36-33-30-27-24-21-18-15-12-9-6-3)54-93-100(89,90)99-73-71(97-74-69(87)64(82)62(80)57(52-76)95-74)67(85)66(84)68(86)72(73)98-75-70(88)65(83)63(81)58(96-75)55-92-60(78)50-47-44-41-38-35-32-29-26-23-20-17-14-11-8-5-2/h19,22,41,44,47,50,56-58,62-76,80-88H,4-18,20-21,23-40,42-43,45-46,48-49,51-55H2,1-3H3,(H,89,90)/b22-19-,44-41+,50-47+. The molecule has 584 valence electrons. The van der Waals surface area contributed by atoms with E-state index in [1.54, 1.807) is 6.08 Å². The molecule has 3 aliphatic rings.